The molecule has 0 radical (unpaired) electrons. The summed E-state index contributed by atoms with van der Waals surface area (Å²) in [5.74, 6) is -1.01. The molecule has 18 heavy (non-hydrogen) atoms. The lowest BCUT2D eigenvalue weighted by Crippen LogP contribution is -2.24. The maximum absolute atomic E-state index is 10.2. The average molecular weight is 255 g/mol. The molecule has 0 aliphatic carbocycles. The van der Waals surface area contributed by atoms with Gasteiger partial charge in [-0.1, -0.05) is 6.42 Å². The first-order valence-corrected chi connectivity index (χ1v) is 6.10. The van der Waals surface area contributed by atoms with Crippen molar-refractivity contribution in [1.82, 2.24) is 9.55 Å². The molecule has 0 saturated heterocycles. The Morgan fingerprint density at radius 2 is 2.28 bits per heavy atom. The number of hydrogen-bond acceptors (Lipinski definition) is 5. The summed E-state index contributed by atoms with van der Waals surface area (Å²) in [6.07, 6.45) is 7.19. The van der Waals surface area contributed by atoms with Crippen molar-refractivity contribution >= 4 is 5.97 Å². The van der Waals surface area contributed by atoms with Crippen molar-refractivity contribution < 1.29 is 19.7 Å². The van der Waals surface area contributed by atoms with Crippen LogP contribution in [0, 0.1) is 0 Å². The van der Waals surface area contributed by atoms with Crippen molar-refractivity contribution in [3.8, 4) is 0 Å². The van der Waals surface area contributed by atoms with E-state index >= 15 is 0 Å². The maximum atomic E-state index is 10.2. The smallest absolute Gasteiger partial charge is 0.0984 e. The van der Waals surface area contributed by atoms with Gasteiger partial charge in [-0.25, -0.2) is 4.98 Å². The quantitative estimate of drug-likeness (QED) is 0.573. The summed E-state index contributed by atoms with van der Waals surface area (Å²) in [6, 6.07) is 0. The zero-order valence-electron chi connectivity index (χ0n) is 10.3. The van der Waals surface area contributed by atoms with Gasteiger partial charge in [0, 0.05) is 25.0 Å². The summed E-state index contributed by atoms with van der Waals surface area (Å²) in [5.41, 5.74) is 0. The molecule has 6 heteroatoms. The normalized spacial score (nSPS) is 12.5. The molecule has 0 bridgehead atoms. The van der Waals surface area contributed by atoms with Gasteiger partial charge in [0.05, 0.1) is 25.6 Å². The molecule has 1 atom stereocenters. The Balaban J connectivity index is 2.07. The monoisotopic (exact) mass is 255 g/mol. The number of carbonyl (C=O) groups excluding carboxylic acids is 1. The lowest BCUT2D eigenvalue weighted by Gasteiger charge is -2.15. The van der Waals surface area contributed by atoms with Gasteiger partial charge in [0.2, 0.25) is 0 Å². The van der Waals surface area contributed by atoms with Crippen LogP contribution >= 0.6 is 0 Å². The zero-order valence-corrected chi connectivity index (χ0v) is 10.3. The number of carboxylic acid groups (broad SMARTS) is 1. The molecular formula is C12H19N2O4-. The zero-order chi connectivity index (χ0) is 13.2. The van der Waals surface area contributed by atoms with Crippen LogP contribution in [0.25, 0.3) is 0 Å². The molecule has 0 saturated carbocycles. The molecule has 1 aromatic heterocycles. The van der Waals surface area contributed by atoms with Gasteiger partial charge in [-0.2, -0.15) is 0 Å². The highest BCUT2D eigenvalue weighted by molar-refractivity contribution is 5.63. The second-order valence-corrected chi connectivity index (χ2v) is 4.12. The number of carboxylic acids is 1. The number of carbonyl (C=O) groups is 1. The van der Waals surface area contributed by atoms with E-state index in [9.17, 15) is 9.90 Å². The van der Waals surface area contributed by atoms with E-state index in [-0.39, 0.29) is 19.1 Å². The van der Waals surface area contributed by atoms with Crippen molar-refractivity contribution in [3.05, 3.63) is 18.7 Å². The summed E-state index contributed by atoms with van der Waals surface area (Å²) in [4.78, 5) is 14.1. The van der Waals surface area contributed by atoms with Crippen LogP contribution in [0.1, 0.15) is 25.7 Å². The van der Waals surface area contributed by atoms with E-state index < -0.39 is 5.97 Å². The number of ether oxygens (including phenoxy) is 1. The van der Waals surface area contributed by atoms with Crippen molar-refractivity contribution in [2.75, 3.05) is 13.2 Å². The highest BCUT2D eigenvalue weighted by Gasteiger charge is 2.07. The minimum Gasteiger partial charge on any atom is -0.550 e. The first-order chi connectivity index (χ1) is 8.72. The summed E-state index contributed by atoms with van der Waals surface area (Å²) in [7, 11) is 0. The largest absolute Gasteiger partial charge is 0.550 e. The Morgan fingerprint density at radius 1 is 1.44 bits per heavy atom. The van der Waals surface area contributed by atoms with Gasteiger partial charge in [0.15, 0.2) is 0 Å². The molecule has 0 amide bonds. The second kappa shape index (κ2) is 8.66. The van der Waals surface area contributed by atoms with Crippen molar-refractivity contribution in [3.63, 3.8) is 0 Å². The minimum atomic E-state index is -1.01. The van der Waals surface area contributed by atoms with Gasteiger partial charge in [-0.15, -0.1) is 0 Å². The third-order valence-electron chi connectivity index (χ3n) is 2.56. The van der Waals surface area contributed by atoms with Crippen LogP contribution in [0.3, 0.4) is 0 Å². The van der Waals surface area contributed by atoms with E-state index in [1.807, 2.05) is 10.8 Å². The molecule has 0 spiro atoms. The van der Waals surface area contributed by atoms with Gasteiger partial charge < -0.3 is 24.3 Å². The first kappa shape index (κ1) is 14.7. The lowest BCUT2D eigenvalue weighted by molar-refractivity contribution is -0.305. The molecule has 6 nitrogen and oxygen atoms in total. The van der Waals surface area contributed by atoms with Gasteiger partial charge in [0.25, 0.3) is 0 Å². The van der Waals surface area contributed by atoms with E-state index in [0.717, 1.165) is 12.8 Å². The molecule has 1 unspecified atom stereocenters. The minimum absolute atomic E-state index is 0.0444. The lowest BCUT2D eigenvalue weighted by atomic mass is 10.2. The van der Waals surface area contributed by atoms with Crippen LogP contribution in [-0.4, -0.2) is 39.9 Å². The number of hydrogen-bond donors (Lipinski definition) is 1. The van der Waals surface area contributed by atoms with E-state index in [2.05, 4.69) is 4.98 Å². The Morgan fingerprint density at radius 3 is 2.89 bits per heavy atom. The molecule has 1 aromatic rings. The molecule has 1 rings (SSSR count). The number of unbranched alkanes of at least 4 members (excludes halogenated alkanes) is 2. The SMILES string of the molecule is O=C([O-])CCCCCOC(CO)Cn1ccnc1. The van der Waals surface area contributed by atoms with Crippen molar-refractivity contribution in [2.24, 2.45) is 0 Å². The molecular weight excluding hydrogens is 236 g/mol. The fraction of sp³-hybridized carbons (Fsp3) is 0.667. The average Bonchev–Trinajstić information content (AvgIpc) is 2.84. The maximum Gasteiger partial charge on any atom is 0.0984 e. The van der Waals surface area contributed by atoms with Crippen LogP contribution < -0.4 is 5.11 Å². The van der Waals surface area contributed by atoms with E-state index in [1.54, 1.807) is 12.5 Å². The van der Waals surface area contributed by atoms with Crippen LogP contribution in [0.15, 0.2) is 18.7 Å². The van der Waals surface area contributed by atoms with E-state index in [4.69, 9.17) is 9.84 Å². The van der Waals surface area contributed by atoms with E-state index in [1.165, 1.54) is 0 Å². The van der Waals surface area contributed by atoms with Crippen LogP contribution in [0.4, 0.5) is 0 Å². The summed E-state index contributed by atoms with van der Waals surface area (Å²) in [5, 5.41) is 19.3. The third-order valence-corrected chi connectivity index (χ3v) is 2.56. The number of imidazole rings is 1. The van der Waals surface area contributed by atoms with Crippen LogP contribution in [0.2, 0.25) is 0 Å². The van der Waals surface area contributed by atoms with Gasteiger partial charge >= 0.3 is 0 Å². The summed E-state index contributed by atoms with van der Waals surface area (Å²) < 4.78 is 7.35. The summed E-state index contributed by atoms with van der Waals surface area (Å²) in [6.45, 7) is 1.04. The summed E-state index contributed by atoms with van der Waals surface area (Å²) >= 11 is 0. The number of nitrogens with zero attached hydrogens (tertiary/aromatic N) is 2. The third kappa shape index (κ3) is 6.36. The van der Waals surface area contributed by atoms with E-state index in [0.29, 0.717) is 19.6 Å². The Kier molecular flexibility index (Phi) is 7.05. The van der Waals surface area contributed by atoms with Crippen LogP contribution in [0.5, 0.6) is 0 Å². The standard InChI is InChI=1S/C12H20N2O4/c15-9-11(8-14-6-5-13-10-14)18-7-3-1-2-4-12(16)17/h5-6,10-11,15H,1-4,7-9H2,(H,16,17)/p-1. The van der Waals surface area contributed by atoms with Crippen molar-refractivity contribution in [2.45, 2.75) is 38.3 Å². The number of rotatable bonds is 10. The molecule has 1 N–H and O–H groups in total. The number of aliphatic hydroxyl groups excluding tert-OH is 1. The Labute approximate surface area is 106 Å². The molecule has 0 aliphatic rings. The fourth-order valence-electron chi connectivity index (χ4n) is 1.59. The molecule has 0 aliphatic heterocycles. The van der Waals surface area contributed by atoms with Crippen LogP contribution in [-0.2, 0) is 16.1 Å². The highest BCUT2D eigenvalue weighted by Crippen LogP contribution is 2.03. The van der Waals surface area contributed by atoms with Gasteiger partial charge in [-0.05, 0) is 19.3 Å². The number of aromatic nitrogens is 2. The first-order valence-electron chi connectivity index (χ1n) is 6.10. The Hall–Kier alpha value is -1.40. The predicted octanol–water partition coefficient (Wildman–Crippen LogP) is -0.429. The highest BCUT2D eigenvalue weighted by atomic mass is 16.5. The topological polar surface area (TPSA) is 87.4 Å². The number of aliphatic hydroxyl groups is 1. The predicted molar refractivity (Wildman–Crippen MR) is 62.5 cm³/mol. The molecule has 1 heterocycles. The number of aliphatic carboxylic acids is 1. The Bertz CT molecular complexity index is 327. The van der Waals surface area contributed by atoms with Crippen molar-refractivity contribution in [1.29, 1.82) is 0 Å². The fourth-order valence-corrected chi connectivity index (χ4v) is 1.59. The molecule has 102 valence electrons. The second-order valence-electron chi connectivity index (χ2n) is 4.12. The molecule has 0 fully saturated rings. The molecule has 0 aromatic carbocycles. The van der Waals surface area contributed by atoms with Gasteiger partial charge in [0.1, 0.15) is 0 Å². The van der Waals surface area contributed by atoms with Gasteiger partial charge in [-0.3, -0.25) is 0 Å².